The zero-order valence-electron chi connectivity index (χ0n) is 13.6. The standard InChI is InChI=1S/C18H17ClN4OS/c1-13(15-9-5-6-10-16(15)19)21-17(24)11-25-18-22-20-12-23(18)14-7-3-2-4-8-14/h2-10,12-13H,11H2,1H3,(H,21,24)/t13-/m0/s1. The maximum absolute atomic E-state index is 12.2. The van der Waals surface area contributed by atoms with Crippen molar-refractivity contribution in [2.45, 2.75) is 18.1 Å². The van der Waals surface area contributed by atoms with Crippen LogP contribution >= 0.6 is 23.4 Å². The molecule has 0 aliphatic rings. The van der Waals surface area contributed by atoms with Crippen LogP contribution in [0, 0.1) is 0 Å². The van der Waals surface area contributed by atoms with E-state index in [4.69, 9.17) is 11.6 Å². The van der Waals surface area contributed by atoms with Crippen molar-refractivity contribution in [1.29, 1.82) is 0 Å². The van der Waals surface area contributed by atoms with Gasteiger partial charge in [0.15, 0.2) is 5.16 Å². The van der Waals surface area contributed by atoms with Crippen LogP contribution in [-0.4, -0.2) is 26.4 Å². The van der Waals surface area contributed by atoms with Crippen LogP contribution in [-0.2, 0) is 4.79 Å². The highest BCUT2D eigenvalue weighted by Gasteiger charge is 2.14. The number of rotatable bonds is 6. The van der Waals surface area contributed by atoms with E-state index < -0.39 is 0 Å². The molecule has 2 aromatic carbocycles. The summed E-state index contributed by atoms with van der Waals surface area (Å²) in [5.74, 6) is 0.167. The summed E-state index contributed by atoms with van der Waals surface area (Å²) in [5, 5.41) is 12.3. The fraction of sp³-hybridized carbons (Fsp3) is 0.167. The van der Waals surface area contributed by atoms with Crippen molar-refractivity contribution < 1.29 is 4.79 Å². The Labute approximate surface area is 155 Å². The minimum Gasteiger partial charge on any atom is -0.349 e. The molecule has 0 saturated carbocycles. The Kier molecular flexibility index (Phi) is 5.73. The van der Waals surface area contributed by atoms with Crippen molar-refractivity contribution in [3.63, 3.8) is 0 Å². The van der Waals surface area contributed by atoms with Gasteiger partial charge >= 0.3 is 0 Å². The van der Waals surface area contributed by atoms with Crippen LogP contribution < -0.4 is 5.32 Å². The molecule has 0 saturated heterocycles. The molecule has 0 fully saturated rings. The number of benzene rings is 2. The van der Waals surface area contributed by atoms with Crippen molar-refractivity contribution in [1.82, 2.24) is 20.1 Å². The Morgan fingerprint density at radius 3 is 2.68 bits per heavy atom. The van der Waals surface area contributed by atoms with Gasteiger partial charge in [0.1, 0.15) is 6.33 Å². The first-order valence-corrected chi connectivity index (χ1v) is 9.13. The minimum atomic E-state index is -0.159. The molecule has 0 aliphatic carbocycles. The number of thioether (sulfide) groups is 1. The summed E-state index contributed by atoms with van der Waals surface area (Å²) in [4.78, 5) is 12.2. The molecule has 5 nitrogen and oxygen atoms in total. The predicted octanol–water partition coefficient (Wildman–Crippen LogP) is 3.89. The van der Waals surface area contributed by atoms with Crippen molar-refractivity contribution in [2.75, 3.05) is 5.75 Å². The van der Waals surface area contributed by atoms with Gasteiger partial charge in [0.05, 0.1) is 11.8 Å². The number of amides is 1. The van der Waals surface area contributed by atoms with Crippen LogP contribution in [0.2, 0.25) is 5.02 Å². The lowest BCUT2D eigenvalue weighted by Crippen LogP contribution is -2.28. The lowest BCUT2D eigenvalue weighted by molar-refractivity contribution is -0.119. The van der Waals surface area contributed by atoms with Crippen LogP contribution in [0.3, 0.4) is 0 Å². The van der Waals surface area contributed by atoms with Crippen molar-refractivity contribution >= 4 is 29.3 Å². The fourth-order valence-corrected chi connectivity index (χ4v) is 3.45. The first-order chi connectivity index (χ1) is 12.1. The van der Waals surface area contributed by atoms with Crippen molar-refractivity contribution in [3.05, 3.63) is 71.5 Å². The molecule has 128 valence electrons. The van der Waals surface area contributed by atoms with E-state index in [0.717, 1.165) is 11.3 Å². The highest BCUT2D eigenvalue weighted by atomic mass is 35.5. The number of carbonyl (C=O) groups is 1. The highest BCUT2D eigenvalue weighted by molar-refractivity contribution is 7.99. The molecule has 0 aliphatic heterocycles. The zero-order valence-corrected chi connectivity index (χ0v) is 15.2. The summed E-state index contributed by atoms with van der Waals surface area (Å²) < 4.78 is 1.86. The minimum absolute atomic E-state index is 0.0833. The van der Waals surface area contributed by atoms with Crippen molar-refractivity contribution in [3.8, 4) is 5.69 Å². The average Bonchev–Trinajstić information content (AvgIpc) is 3.09. The molecular weight excluding hydrogens is 356 g/mol. The number of halogens is 1. The van der Waals surface area contributed by atoms with E-state index in [1.807, 2.05) is 66.1 Å². The summed E-state index contributed by atoms with van der Waals surface area (Å²) in [6.07, 6.45) is 1.64. The Morgan fingerprint density at radius 1 is 1.20 bits per heavy atom. The third-order valence-electron chi connectivity index (χ3n) is 3.63. The maximum atomic E-state index is 12.2. The number of aromatic nitrogens is 3. The van der Waals surface area contributed by atoms with E-state index in [9.17, 15) is 4.79 Å². The number of nitrogens with zero attached hydrogens (tertiary/aromatic N) is 3. The van der Waals surface area contributed by atoms with Crippen LogP contribution in [0.25, 0.3) is 5.69 Å². The summed E-state index contributed by atoms with van der Waals surface area (Å²) in [6.45, 7) is 1.91. The van der Waals surface area contributed by atoms with E-state index >= 15 is 0 Å². The summed E-state index contributed by atoms with van der Waals surface area (Å²) in [7, 11) is 0. The Bertz CT molecular complexity index is 853. The molecule has 1 atom stereocenters. The second-order valence-electron chi connectivity index (χ2n) is 5.42. The summed E-state index contributed by atoms with van der Waals surface area (Å²) >= 11 is 7.51. The third kappa shape index (κ3) is 4.41. The molecule has 0 spiro atoms. The Hall–Kier alpha value is -2.31. The highest BCUT2D eigenvalue weighted by Crippen LogP contribution is 2.23. The van der Waals surface area contributed by atoms with Gasteiger partial charge in [-0.25, -0.2) is 0 Å². The molecule has 0 unspecified atom stereocenters. The van der Waals surface area contributed by atoms with Gasteiger partial charge in [-0.2, -0.15) is 0 Å². The lowest BCUT2D eigenvalue weighted by Gasteiger charge is -2.15. The van der Waals surface area contributed by atoms with Gasteiger partial charge in [-0.3, -0.25) is 9.36 Å². The van der Waals surface area contributed by atoms with Crippen molar-refractivity contribution in [2.24, 2.45) is 0 Å². The van der Waals surface area contributed by atoms with E-state index in [2.05, 4.69) is 15.5 Å². The van der Waals surface area contributed by atoms with Crippen LogP contribution in [0.5, 0.6) is 0 Å². The number of hydrogen-bond acceptors (Lipinski definition) is 4. The van der Waals surface area contributed by atoms with Gasteiger partial charge < -0.3 is 5.32 Å². The Morgan fingerprint density at radius 2 is 1.92 bits per heavy atom. The second-order valence-corrected chi connectivity index (χ2v) is 6.77. The first kappa shape index (κ1) is 17.5. The molecule has 0 radical (unpaired) electrons. The topological polar surface area (TPSA) is 59.8 Å². The molecule has 25 heavy (non-hydrogen) atoms. The SMILES string of the molecule is C[C@H](NC(=O)CSc1nncn1-c1ccccc1)c1ccccc1Cl. The van der Waals surface area contributed by atoms with E-state index in [-0.39, 0.29) is 17.7 Å². The van der Waals surface area contributed by atoms with E-state index in [0.29, 0.717) is 10.2 Å². The van der Waals surface area contributed by atoms with E-state index in [1.54, 1.807) is 6.33 Å². The van der Waals surface area contributed by atoms with Gasteiger partial charge in [0, 0.05) is 10.7 Å². The number of hydrogen-bond donors (Lipinski definition) is 1. The molecule has 1 amide bonds. The molecule has 1 heterocycles. The number of para-hydroxylation sites is 1. The van der Waals surface area contributed by atoms with Gasteiger partial charge in [-0.15, -0.1) is 10.2 Å². The van der Waals surface area contributed by atoms with Gasteiger partial charge in [0.25, 0.3) is 0 Å². The van der Waals surface area contributed by atoms with Gasteiger partial charge in [-0.05, 0) is 30.7 Å². The predicted molar refractivity (Wildman–Crippen MR) is 100 cm³/mol. The van der Waals surface area contributed by atoms with Crippen LogP contribution in [0.15, 0.2) is 66.1 Å². The molecule has 3 rings (SSSR count). The normalized spacial score (nSPS) is 11.9. The largest absolute Gasteiger partial charge is 0.349 e. The average molecular weight is 373 g/mol. The molecule has 1 aromatic heterocycles. The maximum Gasteiger partial charge on any atom is 0.230 e. The Balaban J connectivity index is 1.60. The van der Waals surface area contributed by atoms with E-state index in [1.165, 1.54) is 11.8 Å². The van der Waals surface area contributed by atoms with Crippen LogP contribution in [0.1, 0.15) is 18.5 Å². The molecule has 1 N–H and O–H groups in total. The summed E-state index contributed by atoms with van der Waals surface area (Å²) in [6, 6.07) is 17.1. The molecular formula is C18H17ClN4OS. The van der Waals surface area contributed by atoms with Crippen LogP contribution in [0.4, 0.5) is 0 Å². The van der Waals surface area contributed by atoms with Gasteiger partial charge in [-0.1, -0.05) is 59.8 Å². The molecule has 7 heteroatoms. The second kappa shape index (κ2) is 8.18. The molecule has 0 bridgehead atoms. The number of carbonyl (C=O) groups excluding carboxylic acids is 1. The fourth-order valence-electron chi connectivity index (χ4n) is 2.41. The smallest absolute Gasteiger partial charge is 0.230 e. The quantitative estimate of drug-likeness (QED) is 0.667. The lowest BCUT2D eigenvalue weighted by atomic mass is 10.1. The third-order valence-corrected chi connectivity index (χ3v) is 4.92. The summed E-state index contributed by atoms with van der Waals surface area (Å²) in [5.41, 5.74) is 1.86. The first-order valence-electron chi connectivity index (χ1n) is 7.77. The van der Waals surface area contributed by atoms with Gasteiger partial charge in [0.2, 0.25) is 5.91 Å². The number of nitrogens with one attached hydrogen (secondary N) is 1. The molecule has 3 aromatic rings. The monoisotopic (exact) mass is 372 g/mol. The zero-order chi connectivity index (χ0) is 17.6.